The Balaban J connectivity index is 0.000000170. The molecule has 81 heavy (non-hydrogen) atoms. The Bertz CT molecular complexity index is 3520. The third-order valence-electron chi connectivity index (χ3n) is 15.2. The summed E-state index contributed by atoms with van der Waals surface area (Å²) in [5, 5.41) is 6.85. The fourth-order valence-corrected chi connectivity index (χ4v) is 11.2. The molecule has 0 unspecified atom stereocenters. The maximum Gasteiger partial charge on any atom is 0.410 e. The van der Waals surface area contributed by atoms with Gasteiger partial charge in [0.1, 0.15) is 52.0 Å². The monoisotopic (exact) mass is 1100 g/mol. The van der Waals surface area contributed by atoms with Crippen molar-refractivity contribution in [1.29, 1.82) is 0 Å². The molecular formula is C62H69F3N12O4. The molecule has 4 aromatic carbocycles. The first-order valence-electron chi connectivity index (χ1n) is 28.1. The van der Waals surface area contributed by atoms with Crippen molar-refractivity contribution in [3.8, 4) is 67.3 Å². The minimum atomic E-state index is -0.595. The minimum absolute atomic E-state index is 0.167. The van der Waals surface area contributed by atoms with Crippen LogP contribution in [0.25, 0.3) is 67.3 Å². The molecule has 4 fully saturated rings. The SMILES string of the molecule is CC(C)(C)OC(=O)N1CCC[C@H]1c1ncc(-c2ccc(-c3ccc(-c4cnc([C@@H]5CCCN5)[nH]4)c(F)c3)cc2F)[nH]1.CC(C)(C)OC(=O)N1CCC[C@H]1c1ncc(-c2ccc(-c3ccc(-c4cnc([C@@H]5CCCN5)[nH]4)cc3)cc2F)[nH]1. The van der Waals surface area contributed by atoms with E-state index in [1.807, 2.05) is 78.1 Å². The Morgan fingerprint density at radius 2 is 0.802 bits per heavy atom. The van der Waals surface area contributed by atoms with Crippen molar-refractivity contribution in [3.05, 3.63) is 144 Å². The van der Waals surface area contributed by atoms with Gasteiger partial charge in [0.25, 0.3) is 0 Å². The Morgan fingerprint density at radius 3 is 1.19 bits per heavy atom. The fourth-order valence-electron chi connectivity index (χ4n) is 11.2. The molecule has 16 nitrogen and oxygen atoms in total. The molecular weight excluding hydrogens is 1030 g/mol. The van der Waals surface area contributed by atoms with E-state index in [-0.39, 0.29) is 36.1 Å². The number of H-pyrrole nitrogens is 4. The maximum absolute atomic E-state index is 15.3. The summed E-state index contributed by atoms with van der Waals surface area (Å²) < 4.78 is 57.0. The predicted molar refractivity (Wildman–Crippen MR) is 304 cm³/mol. The zero-order chi connectivity index (χ0) is 56.6. The van der Waals surface area contributed by atoms with Crippen LogP contribution in [0.2, 0.25) is 0 Å². The Hall–Kier alpha value is -8.03. The van der Waals surface area contributed by atoms with Crippen LogP contribution in [0.4, 0.5) is 22.8 Å². The van der Waals surface area contributed by atoms with Crippen molar-refractivity contribution < 1.29 is 32.2 Å². The van der Waals surface area contributed by atoms with Crippen LogP contribution in [0.1, 0.15) is 140 Å². The predicted octanol–water partition coefficient (Wildman–Crippen LogP) is 13.7. The molecule has 2 amide bonds. The van der Waals surface area contributed by atoms with Crippen LogP contribution in [0.15, 0.2) is 104 Å². The molecule has 0 bridgehead atoms. The number of amides is 2. The highest BCUT2D eigenvalue weighted by Crippen LogP contribution is 2.38. The molecule has 12 rings (SSSR count). The van der Waals surface area contributed by atoms with Crippen molar-refractivity contribution >= 4 is 12.2 Å². The first-order chi connectivity index (χ1) is 38.9. The van der Waals surface area contributed by atoms with Crippen molar-refractivity contribution in [3.63, 3.8) is 0 Å². The first-order valence-corrected chi connectivity index (χ1v) is 28.1. The Morgan fingerprint density at radius 1 is 0.457 bits per heavy atom. The number of nitrogens with zero attached hydrogens (tertiary/aromatic N) is 6. The average molecular weight is 1100 g/mol. The van der Waals surface area contributed by atoms with E-state index in [1.165, 1.54) is 18.6 Å². The number of nitrogens with one attached hydrogen (secondary N) is 6. The quantitative estimate of drug-likeness (QED) is 0.0766. The van der Waals surface area contributed by atoms with E-state index in [1.54, 1.807) is 64.8 Å². The third kappa shape index (κ3) is 12.3. The molecule has 4 saturated heterocycles. The second-order valence-corrected chi connectivity index (χ2v) is 23.4. The summed E-state index contributed by atoms with van der Waals surface area (Å²) in [6.07, 6.45) is 13.6. The molecule has 19 heteroatoms. The fraction of sp³-hybridized carbons (Fsp3) is 0.387. The lowest BCUT2D eigenvalue weighted by molar-refractivity contribution is 0.0208. The number of aromatic amines is 4. The van der Waals surface area contributed by atoms with Crippen LogP contribution in [0.5, 0.6) is 0 Å². The van der Waals surface area contributed by atoms with Crippen molar-refractivity contribution in [2.75, 3.05) is 26.2 Å². The second-order valence-electron chi connectivity index (χ2n) is 23.4. The number of hydrogen-bond acceptors (Lipinski definition) is 10. The van der Waals surface area contributed by atoms with Crippen LogP contribution in [-0.2, 0) is 9.47 Å². The topological polar surface area (TPSA) is 198 Å². The van der Waals surface area contributed by atoms with Gasteiger partial charge in [-0.3, -0.25) is 9.80 Å². The standard InChI is InChI=1S/C31H34F2N6O2.C31H35FN6O2/c1-31(2,3)41-30(40)39-13-5-7-27(39)29-36-17-26(38-29)21-11-9-19(15-23(21)33)18-8-10-20(22(32)14-18)25-16-35-28(37-25)24-6-4-12-34-24;1-31(2,3)40-30(39)38-15-5-7-27(38)29-35-18-26(37-29)22-13-12-21(16-23(22)32)19-8-10-20(11-9-19)25-17-34-28(36-25)24-6-4-14-33-24/h8-11,14-17,24,27,34H,4-7,12-13H2,1-3H3,(H,35,37)(H,36,38);8-13,16-18,24,27,33H,4-7,14-15H2,1-3H3,(H,34,36)(H,35,37)/t2*24-,27-/m00/s1. The molecule has 0 saturated carbocycles. The molecule has 6 N–H and O–H groups in total. The summed E-state index contributed by atoms with van der Waals surface area (Å²) >= 11 is 0. The van der Waals surface area contributed by atoms with E-state index in [2.05, 4.69) is 50.5 Å². The smallest absolute Gasteiger partial charge is 0.410 e. The molecule has 4 aliphatic heterocycles. The molecule has 4 aromatic heterocycles. The summed E-state index contributed by atoms with van der Waals surface area (Å²) in [7, 11) is 0. The number of halogens is 3. The molecule has 0 spiro atoms. The van der Waals surface area contributed by atoms with Crippen LogP contribution in [0.3, 0.4) is 0 Å². The van der Waals surface area contributed by atoms with Gasteiger partial charge in [-0.2, -0.15) is 0 Å². The summed E-state index contributed by atoms with van der Waals surface area (Å²) in [5.74, 6) is 1.81. The number of hydrogen-bond donors (Lipinski definition) is 6. The molecule has 4 aliphatic rings. The minimum Gasteiger partial charge on any atom is -0.444 e. The van der Waals surface area contributed by atoms with Gasteiger partial charge >= 0.3 is 12.2 Å². The van der Waals surface area contributed by atoms with Gasteiger partial charge in [0.2, 0.25) is 0 Å². The number of aromatic nitrogens is 8. The van der Waals surface area contributed by atoms with Crippen LogP contribution in [0, 0.1) is 17.5 Å². The van der Waals surface area contributed by atoms with Crippen LogP contribution in [-0.4, -0.2) is 99.2 Å². The van der Waals surface area contributed by atoms with E-state index in [9.17, 15) is 9.59 Å². The summed E-state index contributed by atoms with van der Waals surface area (Å²) in [6, 6.07) is 23.0. The van der Waals surface area contributed by atoms with Gasteiger partial charge in [-0.1, -0.05) is 42.5 Å². The molecule has 0 aliphatic carbocycles. The third-order valence-corrected chi connectivity index (χ3v) is 15.2. The normalized spacial score (nSPS) is 19.3. The highest BCUT2D eigenvalue weighted by atomic mass is 19.1. The molecule has 0 radical (unpaired) electrons. The Kier molecular flexibility index (Phi) is 15.5. The van der Waals surface area contributed by atoms with Crippen molar-refractivity contribution in [2.24, 2.45) is 0 Å². The summed E-state index contributed by atoms with van der Waals surface area (Å²) in [5.41, 5.74) is 6.59. The van der Waals surface area contributed by atoms with Crippen LogP contribution < -0.4 is 10.6 Å². The first kappa shape index (κ1) is 54.9. The summed E-state index contributed by atoms with van der Waals surface area (Å²) in [4.78, 5) is 59.9. The lowest BCUT2D eigenvalue weighted by atomic mass is 10.00. The number of likely N-dealkylation sites (tertiary alicyclic amines) is 2. The van der Waals surface area contributed by atoms with Crippen molar-refractivity contribution in [2.45, 2.75) is 128 Å². The van der Waals surface area contributed by atoms with E-state index in [0.29, 0.717) is 75.7 Å². The van der Waals surface area contributed by atoms with Gasteiger partial charge in [-0.05, 0) is 170 Å². The van der Waals surface area contributed by atoms with E-state index >= 15 is 13.2 Å². The number of carbonyl (C=O) groups excluding carboxylic acids is 2. The lowest BCUT2D eigenvalue weighted by Gasteiger charge is -2.27. The number of imidazole rings is 4. The zero-order valence-electron chi connectivity index (χ0n) is 46.6. The van der Waals surface area contributed by atoms with Gasteiger partial charge in [-0.25, -0.2) is 42.7 Å². The molecule has 8 heterocycles. The van der Waals surface area contributed by atoms with Gasteiger partial charge in [0.05, 0.1) is 71.7 Å². The van der Waals surface area contributed by atoms with Crippen LogP contribution >= 0.6 is 0 Å². The summed E-state index contributed by atoms with van der Waals surface area (Å²) in [6.45, 7) is 14.2. The number of ether oxygens (including phenoxy) is 2. The highest BCUT2D eigenvalue weighted by Gasteiger charge is 2.37. The van der Waals surface area contributed by atoms with E-state index in [4.69, 9.17) is 9.47 Å². The van der Waals surface area contributed by atoms with E-state index in [0.717, 1.165) is 92.1 Å². The Labute approximate surface area is 469 Å². The van der Waals surface area contributed by atoms with Gasteiger partial charge in [-0.15, -0.1) is 0 Å². The second kappa shape index (κ2) is 22.8. The lowest BCUT2D eigenvalue weighted by Crippen LogP contribution is -2.36. The zero-order valence-corrected chi connectivity index (χ0v) is 46.6. The van der Waals surface area contributed by atoms with Crippen molar-refractivity contribution in [1.82, 2.24) is 60.3 Å². The number of rotatable bonds is 10. The van der Waals surface area contributed by atoms with Gasteiger partial charge in [0.15, 0.2) is 0 Å². The highest BCUT2D eigenvalue weighted by molar-refractivity contribution is 5.75. The molecule has 8 aromatic rings. The van der Waals surface area contributed by atoms with Gasteiger partial charge < -0.3 is 40.0 Å². The molecule has 422 valence electrons. The average Bonchev–Trinajstić information content (AvgIpc) is 4.36. The largest absolute Gasteiger partial charge is 0.444 e. The van der Waals surface area contributed by atoms with E-state index < -0.39 is 22.8 Å². The number of benzene rings is 4. The maximum atomic E-state index is 15.3. The number of carbonyl (C=O) groups is 2. The van der Waals surface area contributed by atoms with Gasteiger partial charge in [0, 0.05) is 29.8 Å². The molecule has 4 atom stereocenters.